The Hall–Kier alpha value is -0.610. The summed E-state index contributed by atoms with van der Waals surface area (Å²) in [6.07, 6.45) is 3.37. The van der Waals surface area contributed by atoms with E-state index in [1.807, 2.05) is 0 Å². The third-order valence-electron chi connectivity index (χ3n) is 4.15. The van der Waals surface area contributed by atoms with Crippen LogP contribution in [0.15, 0.2) is 0 Å². The van der Waals surface area contributed by atoms with Gasteiger partial charge in [0.25, 0.3) is 0 Å². The van der Waals surface area contributed by atoms with Crippen LogP contribution in [0.4, 0.5) is 0 Å². The maximum absolute atomic E-state index is 12.1. The molecule has 0 bridgehead atoms. The van der Waals surface area contributed by atoms with Crippen molar-refractivity contribution in [3.63, 3.8) is 0 Å². The van der Waals surface area contributed by atoms with Crippen molar-refractivity contribution in [1.29, 1.82) is 0 Å². The van der Waals surface area contributed by atoms with Gasteiger partial charge in [-0.15, -0.1) is 0 Å². The highest BCUT2D eigenvalue weighted by atomic mass is 16.1. The summed E-state index contributed by atoms with van der Waals surface area (Å²) in [5, 5.41) is 6.52. The highest BCUT2D eigenvalue weighted by molar-refractivity contribution is 5.79. The number of piperidine rings is 1. The fourth-order valence-corrected chi connectivity index (χ4v) is 2.97. The lowest BCUT2D eigenvalue weighted by Crippen LogP contribution is -2.47. The first-order valence-corrected chi connectivity index (χ1v) is 6.86. The topological polar surface area (TPSA) is 44.4 Å². The molecule has 4 heteroatoms. The van der Waals surface area contributed by atoms with Crippen LogP contribution in [0.3, 0.4) is 0 Å². The number of hydrogen-bond acceptors (Lipinski definition) is 3. The van der Waals surface area contributed by atoms with Crippen LogP contribution in [0.25, 0.3) is 0 Å². The molecular formula is C13H25N3O. The SMILES string of the molecule is CC1NCCCC1C(=O)NCC1CCN(C)C1. The first kappa shape index (κ1) is 12.8. The van der Waals surface area contributed by atoms with E-state index in [1.165, 1.54) is 13.0 Å². The van der Waals surface area contributed by atoms with E-state index < -0.39 is 0 Å². The van der Waals surface area contributed by atoms with Crippen LogP contribution in [0.5, 0.6) is 0 Å². The van der Waals surface area contributed by atoms with Gasteiger partial charge in [0.05, 0.1) is 5.92 Å². The normalized spacial score (nSPS) is 34.8. The molecule has 4 nitrogen and oxygen atoms in total. The molecule has 2 saturated heterocycles. The Morgan fingerprint density at radius 3 is 2.94 bits per heavy atom. The molecule has 2 fully saturated rings. The average Bonchev–Trinajstić information content (AvgIpc) is 2.73. The number of rotatable bonds is 3. The average molecular weight is 239 g/mol. The van der Waals surface area contributed by atoms with Crippen molar-refractivity contribution in [2.45, 2.75) is 32.2 Å². The molecule has 3 atom stereocenters. The van der Waals surface area contributed by atoms with Gasteiger partial charge >= 0.3 is 0 Å². The minimum absolute atomic E-state index is 0.169. The number of carbonyl (C=O) groups is 1. The number of likely N-dealkylation sites (tertiary alicyclic amines) is 1. The molecule has 0 aromatic rings. The summed E-state index contributed by atoms with van der Waals surface area (Å²) in [6, 6.07) is 0.329. The van der Waals surface area contributed by atoms with E-state index >= 15 is 0 Å². The predicted molar refractivity (Wildman–Crippen MR) is 68.8 cm³/mol. The zero-order valence-electron chi connectivity index (χ0n) is 11.0. The fraction of sp³-hybridized carbons (Fsp3) is 0.923. The lowest BCUT2D eigenvalue weighted by molar-refractivity contribution is -0.126. The Balaban J connectivity index is 1.73. The molecule has 98 valence electrons. The van der Waals surface area contributed by atoms with Crippen molar-refractivity contribution >= 4 is 5.91 Å². The lowest BCUT2D eigenvalue weighted by Gasteiger charge is -2.29. The number of amides is 1. The van der Waals surface area contributed by atoms with Gasteiger partial charge in [-0.25, -0.2) is 0 Å². The van der Waals surface area contributed by atoms with Crippen molar-refractivity contribution < 1.29 is 4.79 Å². The maximum atomic E-state index is 12.1. The summed E-state index contributed by atoms with van der Waals surface area (Å²) >= 11 is 0. The predicted octanol–water partition coefficient (Wildman–Crippen LogP) is 0.442. The molecule has 1 amide bonds. The highest BCUT2D eigenvalue weighted by Crippen LogP contribution is 2.17. The van der Waals surface area contributed by atoms with Crippen LogP contribution < -0.4 is 10.6 Å². The van der Waals surface area contributed by atoms with Crippen LogP contribution >= 0.6 is 0 Å². The zero-order valence-corrected chi connectivity index (χ0v) is 11.0. The number of nitrogens with one attached hydrogen (secondary N) is 2. The van der Waals surface area contributed by atoms with Gasteiger partial charge < -0.3 is 15.5 Å². The van der Waals surface area contributed by atoms with Crippen molar-refractivity contribution in [1.82, 2.24) is 15.5 Å². The molecule has 0 aromatic heterocycles. The number of hydrogen-bond donors (Lipinski definition) is 2. The van der Waals surface area contributed by atoms with Gasteiger partial charge in [-0.3, -0.25) is 4.79 Å². The smallest absolute Gasteiger partial charge is 0.224 e. The van der Waals surface area contributed by atoms with E-state index in [9.17, 15) is 4.79 Å². The minimum atomic E-state index is 0.169. The molecule has 0 spiro atoms. The Kier molecular flexibility index (Phi) is 4.40. The van der Waals surface area contributed by atoms with E-state index in [1.54, 1.807) is 0 Å². The zero-order chi connectivity index (χ0) is 12.3. The van der Waals surface area contributed by atoms with Crippen LogP contribution in [0.2, 0.25) is 0 Å². The molecule has 17 heavy (non-hydrogen) atoms. The van der Waals surface area contributed by atoms with Crippen LogP contribution in [-0.2, 0) is 4.79 Å². The van der Waals surface area contributed by atoms with Gasteiger partial charge in [-0.2, -0.15) is 0 Å². The Morgan fingerprint density at radius 1 is 1.47 bits per heavy atom. The molecule has 0 saturated carbocycles. The second-order valence-electron chi connectivity index (χ2n) is 5.65. The Bertz CT molecular complexity index is 269. The summed E-state index contributed by atoms with van der Waals surface area (Å²) in [5.74, 6) is 1.07. The van der Waals surface area contributed by atoms with Crippen LogP contribution in [-0.4, -0.2) is 50.1 Å². The van der Waals surface area contributed by atoms with Gasteiger partial charge in [-0.1, -0.05) is 0 Å². The second-order valence-corrected chi connectivity index (χ2v) is 5.65. The molecule has 0 aromatic carbocycles. The first-order chi connectivity index (χ1) is 8.16. The van der Waals surface area contributed by atoms with Crippen LogP contribution in [0.1, 0.15) is 26.2 Å². The number of nitrogens with zero attached hydrogens (tertiary/aromatic N) is 1. The highest BCUT2D eigenvalue weighted by Gasteiger charge is 2.28. The monoisotopic (exact) mass is 239 g/mol. The van der Waals surface area contributed by atoms with E-state index in [0.717, 1.165) is 32.5 Å². The summed E-state index contributed by atoms with van der Waals surface area (Å²) in [7, 11) is 2.15. The maximum Gasteiger partial charge on any atom is 0.224 e. The third-order valence-corrected chi connectivity index (χ3v) is 4.15. The van der Waals surface area contributed by atoms with Gasteiger partial charge in [-0.05, 0) is 52.2 Å². The van der Waals surface area contributed by atoms with Gasteiger partial charge in [0.1, 0.15) is 0 Å². The molecule has 2 aliphatic rings. The largest absolute Gasteiger partial charge is 0.355 e. The first-order valence-electron chi connectivity index (χ1n) is 6.86. The minimum Gasteiger partial charge on any atom is -0.355 e. The van der Waals surface area contributed by atoms with Crippen molar-refractivity contribution in [3.05, 3.63) is 0 Å². The Labute approximate surface area is 104 Å². The number of carbonyl (C=O) groups excluding carboxylic acids is 1. The summed E-state index contributed by atoms with van der Waals surface area (Å²) in [4.78, 5) is 14.4. The molecule has 0 aliphatic carbocycles. The summed E-state index contributed by atoms with van der Waals surface area (Å²) in [5.41, 5.74) is 0. The second kappa shape index (κ2) is 5.83. The molecule has 2 heterocycles. The standard InChI is InChI=1S/C13H25N3O/c1-10-12(4-3-6-14-10)13(17)15-8-11-5-7-16(2)9-11/h10-12,14H,3-9H2,1-2H3,(H,15,17). The van der Waals surface area contributed by atoms with Gasteiger partial charge in [0.2, 0.25) is 5.91 Å². The Morgan fingerprint density at radius 2 is 2.29 bits per heavy atom. The van der Waals surface area contributed by atoms with Crippen molar-refractivity contribution in [3.8, 4) is 0 Å². The molecular weight excluding hydrogens is 214 g/mol. The molecule has 2 N–H and O–H groups in total. The molecule has 3 unspecified atom stereocenters. The van der Waals surface area contributed by atoms with Gasteiger partial charge in [0.15, 0.2) is 0 Å². The van der Waals surface area contributed by atoms with Crippen molar-refractivity contribution in [2.24, 2.45) is 11.8 Å². The molecule has 0 radical (unpaired) electrons. The fourth-order valence-electron chi connectivity index (χ4n) is 2.97. The van der Waals surface area contributed by atoms with E-state index in [4.69, 9.17) is 0 Å². The van der Waals surface area contributed by atoms with E-state index in [0.29, 0.717) is 12.0 Å². The van der Waals surface area contributed by atoms with Gasteiger partial charge in [0, 0.05) is 19.1 Å². The van der Waals surface area contributed by atoms with Crippen LogP contribution in [0, 0.1) is 11.8 Å². The lowest BCUT2D eigenvalue weighted by atomic mass is 9.91. The van der Waals surface area contributed by atoms with E-state index in [-0.39, 0.29) is 11.8 Å². The summed E-state index contributed by atoms with van der Waals surface area (Å²) < 4.78 is 0. The van der Waals surface area contributed by atoms with E-state index in [2.05, 4.69) is 29.5 Å². The quantitative estimate of drug-likeness (QED) is 0.751. The van der Waals surface area contributed by atoms with Crippen molar-refractivity contribution in [2.75, 3.05) is 33.2 Å². The molecule has 2 rings (SSSR count). The molecule has 2 aliphatic heterocycles. The summed E-state index contributed by atoms with van der Waals surface area (Å²) in [6.45, 7) is 6.32. The third kappa shape index (κ3) is 3.42.